The van der Waals surface area contributed by atoms with Crippen LogP contribution in [0, 0.1) is 0 Å². The second-order valence-corrected chi connectivity index (χ2v) is 7.24. The fourth-order valence-corrected chi connectivity index (χ4v) is 3.24. The molecule has 0 aliphatic carbocycles. The smallest absolute Gasteiger partial charge is 0.274 e. The van der Waals surface area contributed by atoms with Crippen molar-refractivity contribution in [2.24, 2.45) is 0 Å². The van der Waals surface area contributed by atoms with E-state index in [2.05, 4.69) is 15.5 Å². The summed E-state index contributed by atoms with van der Waals surface area (Å²) in [6.45, 7) is -0.125. The van der Waals surface area contributed by atoms with E-state index in [0.717, 1.165) is 10.6 Å². The third-order valence-corrected chi connectivity index (χ3v) is 5.16. The summed E-state index contributed by atoms with van der Waals surface area (Å²) in [5.74, 6) is -0.707. The van der Waals surface area contributed by atoms with Gasteiger partial charge in [-0.1, -0.05) is 29.3 Å². The van der Waals surface area contributed by atoms with E-state index in [1.54, 1.807) is 35.6 Å². The Hall–Kier alpha value is -2.35. The van der Waals surface area contributed by atoms with Crippen molar-refractivity contribution in [3.63, 3.8) is 0 Å². The monoisotopic (exact) mass is 408 g/mol. The molecule has 134 valence electrons. The lowest BCUT2D eigenvalue weighted by molar-refractivity contribution is -0.116. The molecule has 0 unspecified atom stereocenters. The molecule has 6 nitrogen and oxygen atoms in total. The predicted molar refractivity (Wildman–Crippen MR) is 104 cm³/mol. The third kappa shape index (κ3) is 4.24. The van der Waals surface area contributed by atoms with E-state index in [0.29, 0.717) is 15.7 Å². The molecule has 0 saturated carbocycles. The Morgan fingerprint density at radius 2 is 2.04 bits per heavy atom. The number of hydrogen-bond acceptors (Lipinski definition) is 4. The van der Waals surface area contributed by atoms with Crippen LogP contribution in [0.3, 0.4) is 0 Å². The van der Waals surface area contributed by atoms with Gasteiger partial charge >= 0.3 is 0 Å². The number of likely N-dealkylation sites (N-methyl/N-ethyl adjacent to an activating group) is 1. The molecule has 1 aromatic carbocycles. The van der Waals surface area contributed by atoms with Crippen LogP contribution in [0.25, 0.3) is 10.6 Å². The number of benzene rings is 1. The Balaban J connectivity index is 1.61. The summed E-state index contributed by atoms with van der Waals surface area (Å²) in [7, 11) is 1.54. The molecule has 9 heteroatoms. The van der Waals surface area contributed by atoms with Crippen molar-refractivity contribution in [3.05, 3.63) is 57.5 Å². The zero-order valence-electron chi connectivity index (χ0n) is 13.6. The van der Waals surface area contributed by atoms with Crippen LogP contribution in [-0.2, 0) is 4.79 Å². The van der Waals surface area contributed by atoms with Crippen molar-refractivity contribution in [3.8, 4) is 10.6 Å². The third-order valence-electron chi connectivity index (χ3n) is 3.51. The molecule has 2 aromatic heterocycles. The fourth-order valence-electron chi connectivity index (χ4n) is 2.25. The van der Waals surface area contributed by atoms with Gasteiger partial charge in [0.05, 0.1) is 27.2 Å². The highest BCUT2D eigenvalue weighted by atomic mass is 35.5. The number of thiophene rings is 1. The Bertz CT molecular complexity index is 940. The maximum Gasteiger partial charge on any atom is 0.274 e. The van der Waals surface area contributed by atoms with E-state index in [-0.39, 0.29) is 24.1 Å². The minimum absolute atomic E-state index is 0.125. The number of hydrogen-bond donors (Lipinski definition) is 2. The van der Waals surface area contributed by atoms with Gasteiger partial charge in [-0.05, 0) is 35.7 Å². The molecule has 0 aliphatic rings. The van der Waals surface area contributed by atoms with Crippen LogP contribution in [0.4, 0.5) is 5.69 Å². The molecule has 0 bridgehead atoms. The van der Waals surface area contributed by atoms with E-state index >= 15 is 0 Å². The molecule has 0 fully saturated rings. The summed E-state index contributed by atoms with van der Waals surface area (Å²) in [5.41, 5.74) is 1.51. The molecule has 0 radical (unpaired) electrons. The quantitative estimate of drug-likeness (QED) is 0.665. The van der Waals surface area contributed by atoms with Gasteiger partial charge in [0.25, 0.3) is 5.91 Å². The SMILES string of the molecule is CN(CC(=O)Nc1ccc(Cl)c(Cl)c1)C(=O)c1cc(-c2cccs2)[nH]n1. The second kappa shape index (κ2) is 7.90. The lowest BCUT2D eigenvalue weighted by Crippen LogP contribution is -2.35. The summed E-state index contributed by atoms with van der Waals surface area (Å²) in [4.78, 5) is 26.9. The minimum atomic E-state index is -0.353. The van der Waals surface area contributed by atoms with Crippen LogP contribution >= 0.6 is 34.5 Å². The summed E-state index contributed by atoms with van der Waals surface area (Å²) in [5, 5.41) is 12.2. The van der Waals surface area contributed by atoms with Crippen molar-refractivity contribution in [1.82, 2.24) is 15.1 Å². The fraction of sp³-hybridized carbons (Fsp3) is 0.118. The number of aromatic amines is 1. The van der Waals surface area contributed by atoms with Crippen LogP contribution in [0.2, 0.25) is 10.0 Å². The number of carbonyl (C=O) groups is 2. The Morgan fingerprint density at radius 3 is 2.73 bits per heavy atom. The van der Waals surface area contributed by atoms with Crippen LogP contribution in [0.1, 0.15) is 10.5 Å². The number of H-pyrrole nitrogens is 1. The van der Waals surface area contributed by atoms with Crippen molar-refractivity contribution < 1.29 is 9.59 Å². The van der Waals surface area contributed by atoms with E-state index in [9.17, 15) is 9.59 Å². The van der Waals surface area contributed by atoms with Gasteiger partial charge in [0, 0.05) is 12.7 Å². The molecular weight excluding hydrogens is 395 g/mol. The maximum absolute atomic E-state index is 12.4. The van der Waals surface area contributed by atoms with Gasteiger partial charge < -0.3 is 10.2 Å². The lowest BCUT2D eigenvalue weighted by Gasteiger charge is -2.15. The number of nitrogens with one attached hydrogen (secondary N) is 2. The number of aromatic nitrogens is 2. The number of carbonyl (C=O) groups excluding carboxylic acids is 2. The average molecular weight is 409 g/mol. The van der Waals surface area contributed by atoms with Crippen molar-refractivity contribution in [2.45, 2.75) is 0 Å². The molecule has 2 N–H and O–H groups in total. The number of amides is 2. The first-order valence-corrected chi connectivity index (χ1v) is 9.17. The van der Waals surface area contributed by atoms with Crippen LogP contribution in [0.5, 0.6) is 0 Å². The predicted octanol–water partition coefficient (Wildman–Crippen LogP) is 4.16. The van der Waals surface area contributed by atoms with E-state index in [4.69, 9.17) is 23.2 Å². The highest BCUT2D eigenvalue weighted by Crippen LogP contribution is 2.25. The van der Waals surface area contributed by atoms with Crippen LogP contribution in [-0.4, -0.2) is 40.5 Å². The lowest BCUT2D eigenvalue weighted by atomic mass is 10.3. The molecule has 0 aliphatic heterocycles. The molecular formula is C17H14Cl2N4O2S. The topological polar surface area (TPSA) is 78.1 Å². The van der Waals surface area contributed by atoms with E-state index in [1.807, 2.05) is 17.5 Å². The molecule has 0 spiro atoms. The molecule has 2 amide bonds. The molecule has 3 rings (SSSR count). The van der Waals surface area contributed by atoms with Crippen LogP contribution in [0.15, 0.2) is 41.8 Å². The van der Waals surface area contributed by atoms with Crippen molar-refractivity contribution in [1.29, 1.82) is 0 Å². The normalized spacial score (nSPS) is 10.6. The zero-order chi connectivity index (χ0) is 18.7. The van der Waals surface area contributed by atoms with Gasteiger partial charge in [0.15, 0.2) is 5.69 Å². The van der Waals surface area contributed by atoms with Gasteiger partial charge in [-0.3, -0.25) is 14.7 Å². The Morgan fingerprint density at radius 1 is 1.23 bits per heavy atom. The van der Waals surface area contributed by atoms with Gasteiger partial charge in [-0.2, -0.15) is 5.10 Å². The van der Waals surface area contributed by atoms with Crippen LogP contribution < -0.4 is 5.32 Å². The molecule has 26 heavy (non-hydrogen) atoms. The van der Waals surface area contributed by atoms with Gasteiger partial charge in [0.1, 0.15) is 0 Å². The first-order valence-electron chi connectivity index (χ1n) is 7.53. The largest absolute Gasteiger partial charge is 0.331 e. The second-order valence-electron chi connectivity index (χ2n) is 5.48. The molecule has 0 atom stereocenters. The maximum atomic E-state index is 12.4. The number of anilines is 1. The molecule has 2 heterocycles. The highest BCUT2D eigenvalue weighted by Gasteiger charge is 2.18. The summed E-state index contributed by atoms with van der Waals surface area (Å²) < 4.78 is 0. The average Bonchev–Trinajstić information content (AvgIpc) is 3.28. The van der Waals surface area contributed by atoms with Crippen molar-refractivity contribution >= 4 is 52.0 Å². The first kappa shape index (κ1) is 18.4. The summed E-state index contributed by atoms with van der Waals surface area (Å²) in [6.07, 6.45) is 0. The standard InChI is InChI=1S/C17H14Cl2N4O2S/c1-23(9-16(24)20-10-4-5-11(18)12(19)7-10)17(25)14-8-13(21-22-14)15-3-2-6-26-15/h2-8H,9H2,1H3,(H,20,24)(H,21,22). The van der Waals surface area contributed by atoms with E-state index < -0.39 is 0 Å². The summed E-state index contributed by atoms with van der Waals surface area (Å²) >= 11 is 13.3. The molecule has 0 saturated heterocycles. The van der Waals surface area contributed by atoms with E-state index in [1.165, 1.54) is 11.9 Å². The highest BCUT2D eigenvalue weighted by molar-refractivity contribution is 7.13. The van der Waals surface area contributed by atoms with Gasteiger partial charge in [-0.25, -0.2) is 0 Å². The number of rotatable bonds is 5. The summed E-state index contributed by atoms with van der Waals surface area (Å²) in [6, 6.07) is 10.3. The van der Waals surface area contributed by atoms with Crippen molar-refractivity contribution in [2.75, 3.05) is 18.9 Å². The van der Waals surface area contributed by atoms with Gasteiger partial charge in [-0.15, -0.1) is 11.3 Å². The zero-order valence-corrected chi connectivity index (χ0v) is 16.0. The Labute approximate surface area is 163 Å². The number of nitrogens with zero attached hydrogens (tertiary/aromatic N) is 2. The first-order chi connectivity index (χ1) is 12.4. The van der Waals surface area contributed by atoms with Gasteiger partial charge in [0.2, 0.25) is 5.91 Å². The Kier molecular flexibility index (Phi) is 5.61. The number of halogens is 2. The minimum Gasteiger partial charge on any atom is -0.331 e. The molecule has 3 aromatic rings.